The highest BCUT2D eigenvalue weighted by molar-refractivity contribution is 7.19. The van der Waals surface area contributed by atoms with Gasteiger partial charge in [0.1, 0.15) is 5.00 Å². The highest BCUT2D eigenvalue weighted by Crippen LogP contribution is 2.27. The summed E-state index contributed by atoms with van der Waals surface area (Å²) in [5, 5.41) is 1.80. The fourth-order valence-corrected chi connectivity index (χ4v) is 2.44. The van der Waals surface area contributed by atoms with Crippen LogP contribution in [-0.4, -0.2) is 31.3 Å². The first kappa shape index (κ1) is 9.73. The summed E-state index contributed by atoms with van der Waals surface area (Å²) in [5.41, 5.74) is 5.65. The van der Waals surface area contributed by atoms with Gasteiger partial charge in [0.05, 0.1) is 12.3 Å². The van der Waals surface area contributed by atoms with Gasteiger partial charge in [-0.05, 0) is 12.8 Å². The molecular weight excluding hydrogens is 198 g/mol. The standard InChI is InChI=1S/C9H15N3OS/c1-13-7-3-2-4-12(6-7)9-11-5-8(10)14-9/h5,7H,2-4,6,10H2,1H3. The van der Waals surface area contributed by atoms with Crippen molar-refractivity contribution in [2.24, 2.45) is 0 Å². The minimum Gasteiger partial charge on any atom is -0.389 e. The first-order valence-corrected chi connectivity index (χ1v) is 5.60. The molecule has 1 aliphatic heterocycles. The van der Waals surface area contributed by atoms with Crippen LogP contribution in [0.25, 0.3) is 0 Å². The average molecular weight is 213 g/mol. The van der Waals surface area contributed by atoms with E-state index in [1.807, 2.05) is 0 Å². The third-order valence-corrected chi connectivity index (χ3v) is 3.38. The van der Waals surface area contributed by atoms with Crippen LogP contribution in [0.1, 0.15) is 12.8 Å². The Bertz CT molecular complexity index is 302. The molecule has 5 heteroatoms. The van der Waals surface area contributed by atoms with Crippen molar-refractivity contribution in [3.63, 3.8) is 0 Å². The van der Waals surface area contributed by atoms with E-state index in [4.69, 9.17) is 10.5 Å². The van der Waals surface area contributed by atoms with E-state index < -0.39 is 0 Å². The third kappa shape index (κ3) is 1.99. The maximum atomic E-state index is 5.65. The van der Waals surface area contributed by atoms with Crippen molar-refractivity contribution in [1.29, 1.82) is 0 Å². The van der Waals surface area contributed by atoms with Gasteiger partial charge in [0.2, 0.25) is 0 Å². The number of hydrogen-bond donors (Lipinski definition) is 1. The summed E-state index contributed by atoms with van der Waals surface area (Å²) in [6, 6.07) is 0. The van der Waals surface area contributed by atoms with Crippen LogP contribution < -0.4 is 10.6 Å². The minimum atomic E-state index is 0.342. The monoisotopic (exact) mass is 213 g/mol. The van der Waals surface area contributed by atoms with Crippen LogP contribution in [0.5, 0.6) is 0 Å². The molecule has 2 heterocycles. The number of aromatic nitrogens is 1. The van der Waals surface area contributed by atoms with Gasteiger partial charge in [0.15, 0.2) is 5.13 Å². The molecule has 1 saturated heterocycles. The largest absolute Gasteiger partial charge is 0.389 e. The molecule has 78 valence electrons. The second-order valence-electron chi connectivity index (χ2n) is 3.49. The quantitative estimate of drug-likeness (QED) is 0.805. The molecule has 2 N–H and O–H groups in total. The normalized spacial score (nSPS) is 22.6. The lowest BCUT2D eigenvalue weighted by atomic mass is 10.1. The Balaban J connectivity index is 2.04. The summed E-state index contributed by atoms with van der Waals surface area (Å²) in [6.07, 6.45) is 4.37. The number of thiazole rings is 1. The second-order valence-corrected chi connectivity index (χ2v) is 4.53. The molecule has 0 spiro atoms. The predicted molar refractivity (Wildman–Crippen MR) is 58.8 cm³/mol. The molecule has 0 radical (unpaired) electrons. The maximum Gasteiger partial charge on any atom is 0.187 e. The minimum absolute atomic E-state index is 0.342. The van der Waals surface area contributed by atoms with Gasteiger partial charge in [-0.25, -0.2) is 4.98 Å². The molecule has 1 fully saturated rings. The van der Waals surface area contributed by atoms with Gasteiger partial charge in [-0.3, -0.25) is 0 Å². The fraction of sp³-hybridized carbons (Fsp3) is 0.667. The van der Waals surface area contributed by atoms with Gasteiger partial charge >= 0.3 is 0 Å². The Kier molecular flexibility index (Phi) is 2.88. The number of piperidine rings is 1. The zero-order chi connectivity index (χ0) is 9.97. The molecule has 0 amide bonds. The molecule has 1 unspecified atom stereocenters. The van der Waals surface area contributed by atoms with Crippen LogP contribution in [0.15, 0.2) is 6.20 Å². The van der Waals surface area contributed by atoms with Gasteiger partial charge < -0.3 is 15.4 Å². The molecule has 1 aromatic heterocycles. The maximum absolute atomic E-state index is 5.65. The van der Waals surface area contributed by atoms with Gasteiger partial charge in [-0.15, -0.1) is 0 Å². The van der Waals surface area contributed by atoms with Crippen LogP contribution in [0, 0.1) is 0 Å². The van der Waals surface area contributed by atoms with E-state index in [0.29, 0.717) is 6.10 Å². The molecule has 1 aliphatic rings. The van der Waals surface area contributed by atoms with Gasteiger partial charge in [0.25, 0.3) is 0 Å². The van der Waals surface area contributed by atoms with Gasteiger partial charge in [-0.1, -0.05) is 11.3 Å². The average Bonchev–Trinajstić information content (AvgIpc) is 2.65. The lowest BCUT2D eigenvalue weighted by Gasteiger charge is -2.31. The van der Waals surface area contributed by atoms with Crippen LogP contribution in [0.3, 0.4) is 0 Å². The Morgan fingerprint density at radius 3 is 3.21 bits per heavy atom. The molecule has 1 aromatic rings. The summed E-state index contributed by atoms with van der Waals surface area (Å²) in [6.45, 7) is 2.00. The topological polar surface area (TPSA) is 51.4 Å². The van der Waals surface area contributed by atoms with E-state index in [2.05, 4.69) is 9.88 Å². The zero-order valence-corrected chi connectivity index (χ0v) is 9.09. The van der Waals surface area contributed by atoms with Crippen molar-refractivity contribution < 1.29 is 4.74 Å². The van der Waals surface area contributed by atoms with Gasteiger partial charge in [-0.2, -0.15) is 0 Å². The van der Waals surface area contributed by atoms with E-state index in [1.54, 1.807) is 24.6 Å². The SMILES string of the molecule is COC1CCCN(c2ncc(N)s2)C1. The van der Waals surface area contributed by atoms with E-state index in [1.165, 1.54) is 0 Å². The van der Waals surface area contributed by atoms with E-state index in [0.717, 1.165) is 36.1 Å². The summed E-state index contributed by atoms with van der Waals surface area (Å²) < 4.78 is 5.35. The molecule has 0 saturated carbocycles. The Hall–Kier alpha value is -0.810. The molecular formula is C9H15N3OS. The predicted octanol–water partition coefficient (Wildman–Crippen LogP) is 1.34. The highest BCUT2D eigenvalue weighted by Gasteiger charge is 2.21. The number of nitrogen functional groups attached to an aromatic ring is 1. The van der Waals surface area contributed by atoms with Crippen LogP contribution in [0.4, 0.5) is 10.1 Å². The van der Waals surface area contributed by atoms with Crippen molar-refractivity contribution in [3.05, 3.63) is 6.20 Å². The number of hydrogen-bond acceptors (Lipinski definition) is 5. The van der Waals surface area contributed by atoms with Crippen molar-refractivity contribution in [3.8, 4) is 0 Å². The van der Waals surface area contributed by atoms with Crippen LogP contribution in [-0.2, 0) is 4.74 Å². The van der Waals surface area contributed by atoms with Gasteiger partial charge in [0, 0.05) is 20.2 Å². The number of nitrogens with two attached hydrogens (primary N) is 1. The Morgan fingerprint density at radius 1 is 1.71 bits per heavy atom. The zero-order valence-electron chi connectivity index (χ0n) is 8.27. The molecule has 1 atom stereocenters. The summed E-state index contributed by atoms with van der Waals surface area (Å²) in [4.78, 5) is 6.52. The van der Waals surface area contributed by atoms with E-state index in [-0.39, 0.29) is 0 Å². The number of methoxy groups -OCH3 is 1. The first-order valence-electron chi connectivity index (χ1n) is 4.78. The Morgan fingerprint density at radius 2 is 2.57 bits per heavy atom. The van der Waals surface area contributed by atoms with E-state index in [9.17, 15) is 0 Å². The number of rotatable bonds is 2. The lowest BCUT2D eigenvalue weighted by Crippen LogP contribution is -2.39. The van der Waals surface area contributed by atoms with Crippen molar-refractivity contribution in [2.75, 3.05) is 30.8 Å². The van der Waals surface area contributed by atoms with Crippen LogP contribution >= 0.6 is 11.3 Å². The lowest BCUT2D eigenvalue weighted by molar-refractivity contribution is 0.0893. The van der Waals surface area contributed by atoms with Crippen LogP contribution in [0.2, 0.25) is 0 Å². The highest BCUT2D eigenvalue weighted by atomic mass is 32.1. The first-order chi connectivity index (χ1) is 6.79. The molecule has 14 heavy (non-hydrogen) atoms. The smallest absolute Gasteiger partial charge is 0.187 e. The number of anilines is 2. The van der Waals surface area contributed by atoms with Crippen molar-refractivity contribution >= 4 is 21.5 Å². The summed E-state index contributed by atoms with van der Waals surface area (Å²) in [7, 11) is 1.77. The number of ether oxygens (including phenoxy) is 1. The molecule has 0 aliphatic carbocycles. The molecule has 0 aromatic carbocycles. The fourth-order valence-electron chi connectivity index (χ4n) is 1.73. The third-order valence-electron chi connectivity index (χ3n) is 2.49. The summed E-state index contributed by atoms with van der Waals surface area (Å²) >= 11 is 1.54. The number of nitrogens with zero attached hydrogens (tertiary/aromatic N) is 2. The van der Waals surface area contributed by atoms with Crippen molar-refractivity contribution in [1.82, 2.24) is 4.98 Å². The van der Waals surface area contributed by atoms with Crippen molar-refractivity contribution in [2.45, 2.75) is 18.9 Å². The van der Waals surface area contributed by atoms with E-state index >= 15 is 0 Å². The summed E-state index contributed by atoms with van der Waals surface area (Å²) in [5.74, 6) is 0. The molecule has 4 nitrogen and oxygen atoms in total. The second kappa shape index (κ2) is 4.14. The molecule has 0 bridgehead atoms. The Labute approximate surface area is 87.7 Å². The molecule has 2 rings (SSSR count).